The Morgan fingerprint density at radius 2 is 2.05 bits per heavy atom. The number of nitrogens with zero attached hydrogens (tertiary/aromatic N) is 1. The minimum absolute atomic E-state index is 0.0579. The highest BCUT2D eigenvalue weighted by Gasteiger charge is 2.33. The first kappa shape index (κ1) is 14.8. The Kier molecular flexibility index (Phi) is 4.98. The van der Waals surface area contributed by atoms with E-state index in [2.05, 4.69) is 0 Å². The van der Waals surface area contributed by atoms with E-state index in [-0.39, 0.29) is 31.7 Å². The summed E-state index contributed by atoms with van der Waals surface area (Å²) in [5, 5.41) is 9.38. The molecule has 1 amide bonds. The van der Waals surface area contributed by atoms with Crippen molar-refractivity contribution in [3.05, 3.63) is 34.9 Å². The number of carboxylic acids is 1. The molecule has 1 saturated carbocycles. The van der Waals surface area contributed by atoms with Crippen LogP contribution in [0.3, 0.4) is 0 Å². The van der Waals surface area contributed by atoms with Crippen molar-refractivity contribution in [2.75, 3.05) is 13.2 Å². The van der Waals surface area contributed by atoms with Crippen LogP contribution < -0.4 is 0 Å². The number of rotatable bonds is 7. The van der Waals surface area contributed by atoms with Gasteiger partial charge in [-0.15, -0.1) is 0 Å². The average molecular weight is 298 g/mol. The van der Waals surface area contributed by atoms with E-state index in [1.54, 1.807) is 6.07 Å². The van der Waals surface area contributed by atoms with Gasteiger partial charge in [0.1, 0.15) is 13.2 Å². The van der Waals surface area contributed by atoms with E-state index < -0.39 is 5.97 Å². The third-order valence-corrected chi connectivity index (χ3v) is 3.42. The maximum Gasteiger partial charge on any atom is 0.323 e. The molecule has 0 aromatic heterocycles. The molecule has 5 nitrogen and oxygen atoms in total. The quantitative estimate of drug-likeness (QED) is 0.835. The first-order chi connectivity index (χ1) is 9.58. The van der Waals surface area contributed by atoms with Crippen molar-refractivity contribution in [3.8, 4) is 0 Å². The summed E-state index contributed by atoms with van der Waals surface area (Å²) in [6, 6.07) is 7.29. The molecule has 6 heteroatoms. The summed E-state index contributed by atoms with van der Waals surface area (Å²) >= 11 is 5.98. The monoisotopic (exact) mass is 297 g/mol. The second-order valence-corrected chi connectivity index (χ2v) is 5.14. The Bertz CT molecular complexity index is 502. The summed E-state index contributed by atoms with van der Waals surface area (Å²) < 4.78 is 5.33. The lowest BCUT2D eigenvalue weighted by molar-refractivity contribution is -0.147. The molecule has 20 heavy (non-hydrogen) atoms. The number of aliphatic carboxylic acids is 1. The normalized spacial score (nSPS) is 14.1. The van der Waals surface area contributed by atoms with Gasteiger partial charge in [0.2, 0.25) is 5.91 Å². The lowest BCUT2D eigenvalue weighted by Gasteiger charge is -2.20. The van der Waals surface area contributed by atoms with E-state index in [1.165, 1.54) is 4.90 Å². The van der Waals surface area contributed by atoms with E-state index in [0.29, 0.717) is 5.02 Å². The van der Waals surface area contributed by atoms with Gasteiger partial charge in [-0.2, -0.15) is 0 Å². The fourth-order valence-corrected chi connectivity index (χ4v) is 2.09. The third kappa shape index (κ3) is 4.21. The maximum atomic E-state index is 11.9. The predicted molar refractivity (Wildman–Crippen MR) is 73.5 cm³/mol. The molecule has 1 aromatic rings. The summed E-state index contributed by atoms with van der Waals surface area (Å²) in [4.78, 5) is 24.0. The van der Waals surface area contributed by atoms with Gasteiger partial charge in [0, 0.05) is 11.1 Å². The molecule has 108 valence electrons. The Labute approximate surface area is 122 Å². The average Bonchev–Trinajstić information content (AvgIpc) is 3.22. The Morgan fingerprint density at radius 1 is 1.35 bits per heavy atom. The number of carboxylic acid groups (broad SMARTS) is 1. The second-order valence-electron chi connectivity index (χ2n) is 4.73. The van der Waals surface area contributed by atoms with E-state index in [9.17, 15) is 9.59 Å². The molecule has 0 heterocycles. The number of ether oxygens (including phenoxy) is 1. The third-order valence-electron chi connectivity index (χ3n) is 3.05. The van der Waals surface area contributed by atoms with Crippen LogP contribution in [-0.2, 0) is 20.9 Å². The number of halogens is 1. The van der Waals surface area contributed by atoms with Crippen molar-refractivity contribution in [1.29, 1.82) is 0 Å². The molecule has 0 saturated heterocycles. The van der Waals surface area contributed by atoms with Crippen molar-refractivity contribution < 1.29 is 19.4 Å². The van der Waals surface area contributed by atoms with Crippen LogP contribution in [0.4, 0.5) is 0 Å². The molecule has 1 N–H and O–H groups in total. The molecule has 1 aliphatic carbocycles. The number of carbonyl (C=O) groups is 2. The Hall–Kier alpha value is -1.59. The Morgan fingerprint density at radius 3 is 2.65 bits per heavy atom. The van der Waals surface area contributed by atoms with Gasteiger partial charge in [-0.25, -0.2) is 0 Å². The van der Waals surface area contributed by atoms with Crippen molar-refractivity contribution in [2.24, 2.45) is 0 Å². The molecule has 0 radical (unpaired) electrons. The predicted octanol–water partition coefficient (Wildman–Crippen LogP) is 1.93. The van der Waals surface area contributed by atoms with Crippen LogP contribution in [0.2, 0.25) is 5.02 Å². The summed E-state index contributed by atoms with van der Waals surface area (Å²) in [6.07, 6.45) is 1.73. The highest BCUT2D eigenvalue weighted by atomic mass is 35.5. The zero-order valence-electron chi connectivity index (χ0n) is 10.9. The summed E-state index contributed by atoms with van der Waals surface area (Å²) in [5.74, 6) is -1.29. The van der Waals surface area contributed by atoms with E-state index in [4.69, 9.17) is 21.4 Å². The van der Waals surface area contributed by atoms with Crippen LogP contribution in [-0.4, -0.2) is 41.1 Å². The minimum atomic E-state index is -1.00. The van der Waals surface area contributed by atoms with Crippen LogP contribution in [0.25, 0.3) is 0 Å². The van der Waals surface area contributed by atoms with Gasteiger partial charge < -0.3 is 14.7 Å². The van der Waals surface area contributed by atoms with Crippen LogP contribution in [0.1, 0.15) is 18.4 Å². The lowest BCUT2D eigenvalue weighted by atomic mass is 10.2. The number of amides is 1. The van der Waals surface area contributed by atoms with E-state index in [0.717, 1.165) is 18.4 Å². The molecule has 2 rings (SSSR count). The van der Waals surface area contributed by atoms with Gasteiger partial charge in [0.25, 0.3) is 0 Å². The van der Waals surface area contributed by atoms with Crippen molar-refractivity contribution in [1.82, 2.24) is 4.90 Å². The second kappa shape index (κ2) is 6.72. The standard InChI is InChI=1S/C14H16ClNO4/c15-12-4-2-1-3-10(12)8-20-9-13(17)16(7-14(18)19)11-5-6-11/h1-4,11H,5-9H2,(H,18,19). The molecule has 0 spiro atoms. The zero-order chi connectivity index (χ0) is 14.5. The van der Waals surface area contributed by atoms with Crippen molar-refractivity contribution >= 4 is 23.5 Å². The van der Waals surface area contributed by atoms with Crippen LogP contribution in [0, 0.1) is 0 Å². The van der Waals surface area contributed by atoms with Crippen LogP contribution in [0.5, 0.6) is 0 Å². The molecular weight excluding hydrogens is 282 g/mol. The summed E-state index contributed by atoms with van der Waals surface area (Å²) in [6.45, 7) is -0.162. The number of carbonyl (C=O) groups excluding carboxylic acids is 1. The number of hydrogen-bond donors (Lipinski definition) is 1. The van der Waals surface area contributed by atoms with Gasteiger partial charge >= 0.3 is 5.97 Å². The fourth-order valence-electron chi connectivity index (χ4n) is 1.90. The maximum absolute atomic E-state index is 11.9. The van der Waals surface area contributed by atoms with Crippen LogP contribution in [0.15, 0.2) is 24.3 Å². The molecule has 1 aliphatic rings. The van der Waals surface area contributed by atoms with Gasteiger partial charge in [0.05, 0.1) is 6.61 Å². The molecule has 0 aliphatic heterocycles. The first-order valence-corrected chi connectivity index (χ1v) is 6.78. The van der Waals surface area contributed by atoms with Crippen molar-refractivity contribution in [3.63, 3.8) is 0 Å². The van der Waals surface area contributed by atoms with Gasteiger partial charge in [0.15, 0.2) is 0 Å². The highest BCUT2D eigenvalue weighted by molar-refractivity contribution is 6.31. The zero-order valence-corrected chi connectivity index (χ0v) is 11.7. The fraction of sp³-hybridized carbons (Fsp3) is 0.429. The summed E-state index contributed by atoms with van der Waals surface area (Å²) in [7, 11) is 0. The van der Waals surface area contributed by atoms with E-state index >= 15 is 0 Å². The summed E-state index contributed by atoms with van der Waals surface area (Å²) in [5.41, 5.74) is 0.804. The highest BCUT2D eigenvalue weighted by Crippen LogP contribution is 2.26. The van der Waals surface area contributed by atoms with E-state index in [1.807, 2.05) is 18.2 Å². The molecule has 0 bridgehead atoms. The van der Waals surface area contributed by atoms with Crippen molar-refractivity contribution in [2.45, 2.75) is 25.5 Å². The topological polar surface area (TPSA) is 66.8 Å². The van der Waals surface area contributed by atoms with Gasteiger partial charge in [-0.1, -0.05) is 29.8 Å². The van der Waals surface area contributed by atoms with Crippen LogP contribution >= 0.6 is 11.6 Å². The SMILES string of the molecule is O=C(O)CN(C(=O)COCc1ccccc1Cl)C1CC1. The molecule has 1 fully saturated rings. The minimum Gasteiger partial charge on any atom is -0.480 e. The number of benzene rings is 1. The van der Waals surface area contributed by atoms with Gasteiger partial charge in [-0.05, 0) is 24.5 Å². The first-order valence-electron chi connectivity index (χ1n) is 6.40. The molecular formula is C14H16ClNO4. The Balaban J connectivity index is 1.82. The molecule has 0 unspecified atom stereocenters. The van der Waals surface area contributed by atoms with Gasteiger partial charge in [-0.3, -0.25) is 9.59 Å². The molecule has 1 aromatic carbocycles. The number of hydrogen-bond acceptors (Lipinski definition) is 3. The largest absolute Gasteiger partial charge is 0.480 e. The lowest BCUT2D eigenvalue weighted by Crippen LogP contribution is -2.39. The smallest absolute Gasteiger partial charge is 0.323 e. The molecule has 0 atom stereocenters.